The van der Waals surface area contributed by atoms with Crippen LogP contribution in [-0.2, 0) is 0 Å². The second kappa shape index (κ2) is 6.00. The molecule has 0 aliphatic carbocycles. The van der Waals surface area contributed by atoms with E-state index in [1.165, 1.54) is 12.1 Å². The number of benzene rings is 2. The topological polar surface area (TPSA) is 41.6 Å². The zero-order valence-corrected chi connectivity index (χ0v) is 14.6. The first-order chi connectivity index (χ1) is 11.6. The molecule has 2 heterocycles. The Hall–Kier alpha value is -2.24. The molecule has 0 spiro atoms. The standard InChI is InChI=1S/C18H10BrClFN3/c19-12-6-11-5-10(1-4-16(11)22-8-12)17-18(24-9-23-17)14-7-13(20)2-3-15(14)21/h1-9H,(H,23,24). The van der Waals surface area contributed by atoms with Gasteiger partial charge in [0.15, 0.2) is 0 Å². The van der Waals surface area contributed by atoms with Gasteiger partial charge in [-0.15, -0.1) is 0 Å². The van der Waals surface area contributed by atoms with Gasteiger partial charge in [0, 0.05) is 32.2 Å². The molecule has 4 aromatic rings. The Morgan fingerprint density at radius 3 is 2.79 bits per heavy atom. The summed E-state index contributed by atoms with van der Waals surface area (Å²) in [5.41, 5.74) is 3.41. The molecule has 0 aliphatic heterocycles. The van der Waals surface area contributed by atoms with Crippen molar-refractivity contribution in [1.29, 1.82) is 0 Å². The maximum Gasteiger partial charge on any atom is 0.132 e. The molecule has 0 radical (unpaired) electrons. The summed E-state index contributed by atoms with van der Waals surface area (Å²) in [6.45, 7) is 0. The average Bonchev–Trinajstić information content (AvgIpc) is 3.05. The number of nitrogens with zero attached hydrogens (tertiary/aromatic N) is 2. The first-order valence-corrected chi connectivity index (χ1v) is 8.33. The predicted octanol–water partition coefficient (Wildman–Crippen LogP) is 5.85. The summed E-state index contributed by atoms with van der Waals surface area (Å²) in [5.74, 6) is -0.352. The molecule has 0 saturated heterocycles. The number of aromatic amines is 1. The van der Waals surface area contributed by atoms with E-state index in [-0.39, 0.29) is 5.82 Å². The van der Waals surface area contributed by atoms with Crippen LogP contribution in [0.4, 0.5) is 4.39 Å². The van der Waals surface area contributed by atoms with Crippen molar-refractivity contribution >= 4 is 38.4 Å². The molecule has 4 rings (SSSR count). The Morgan fingerprint density at radius 1 is 1.04 bits per heavy atom. The van der Waals surface area contributed by atoms with Gasteiger partial charge < -0.3 is 4.98 Å². The maximum absolute atomic E-state index is 14.2. The van der Waals surface area contributed by atoms with Crippen molar-refractivity contribution in [3.8, 4) is 22.5 Å². The van der Waals surface area contributed by atoms with Gasteiger partial charge in [0.25, 0.3) is 0 Å². The summed E-state index contributed by atoms with van der Waals surface area (Å²) < 4.78 is 15.1. The van der Waals surface area contributed by atoms with Gasteiger partial charge in [0.1, 0.15) is 5.82 Å². The smallest absolute Gasteiger partial charge is 0.132 e. The third-order valence-corrected chi connectivity index (χ3v) is 4.43. The van der Waals surface area contributed by atoms with E-state index in [0.717, 1.165) is 20.9 Å². The molecule has 2 aromatic heterocycles. The van der Waals surface area contributed by atoms with Gasteiger partial charge in [0.05, 0.1) is 23.2 Å². The number of fused-ring (bicyclic) bond motifs is 1. The van der Waals surface area contributed by atoms with Gasteiger partial charge in [-0.2, -0.15) is 0 Å². The summed E-state index contributed by atoms with van der Waals surface area (Å²) in [7, 11) is 0. The lowest BCUT2D eigenvalue weighted by atomic mass is 10.0. The van der Waals surface area contributed by atoms with Crippen molar-refractivity contribution in [2.75, 3.05) is 0 Å². The van der Waals surface area contributed by atoms with Crippen LogP contribution in [0.1, 0.15) is 0 Å². The Bertz CT molecular complexity index is 1060. The molecule has 0 amide bonds. The van der Waals surface area contributed by atoms with Crippen molar-refractivity contribution in [2.24, 2.45) is 0 Å². The minimum absolute atomic E-state index is 0.352. The molecular formula is C18H10BrClFN3. The largest absolute Gasteiger partial charge is 0.344 e. The van der Waals surface area contributed by atoms with E-state index in [0.29, 0.717) is 22.0 Å². The lowest BCUT2D eigenvalue weighted by Gasteiger charge is -2.07. The van der Waals surface area contributed by atoms with Gasteiger partial charge in [-0.25, -0.2) is 9.37 Å². The number of halogens is 3. The predicted molar refractivity (Wildman–Crippen MR) is 97.4 cm³/mol. The summed E-state index contributed by atoms with van der Waals surface area (Å²) in [4.78, 5) is 11.7. The summed E-state index contributed by atoms with van der Waals surface area (Å²) >= 11 is 9.44. The molecule has 0 fully saturated rings. The van der Waals surface area contributed by atoms with Crippen LogP contribution in [0, 0.1) is 5.82 Å². The number of hydrogen-bond acceptors (Lipinski definition) is 2. The van der Waals surface area contributed by atoms with Crippen LogP contribution in [0.3, 0.4) is 0 Å². The zero-order valence-electron chi connectivity index (χ0n) is 12.2. The zero-order chi connectivity index (χ0) is 16.7. The van der Waals surface area contributed by atoms with Crippen molar-refractivity contribution < 1.29 is 4.39 Å². The van der Waals surface area contributed by atoms with E-state index in [2.05, 4.69) is 30.9 Å². The second-order valence-electron chi connectivity index (χ2n) is 5.31. The quantitative estimate of drug-likeness (QED) is 0.457. The number of imidazole rings is 1. The lowest BCUT2D eigenvalue weighted by Crippen LogP contribution is -1.89. The van der Waals surface area contributed by atoms with Crippen LogP contribution in [0.25, 0.3) is 33.4 Å². The Balaban J connectivity index is 1.89. The number of H-pyrrole nitrogens is 1. The van der Waals surface area contributed by atoms with Crippen LogP contribution in [0.15, 0.2) is 59.5 Å². The molecule has 2 aromatic carbocycles. The van der Waals surface area contributed by atoms with Crippen molar-refractivity contribution in [2.45, 2.75) is 0 Å². The SMILES string of the molecule is Fc1ccc(Cl)cc1-c1[nH]cnc1-c1ccc2ncc(Br)cc2c1. The minimum Gasteiger partial charge on any atom is -0.344 e. The second-order valence-corrected chi connectivity index (χ2v) is 6.66. The fourth-order valence-electron chi connectivity index (χ4n) is 2.66. The number of rotatable bonds is 2. The fraction of sp³-hybridized carbons (Fsp3) is 0. The van der Waals surface area contributed by atoms with E-state index in [4.69, 9.17) is 11.6 Å². The molecule has 6 heteroatoms. The molecule has 0 unspecified atom stereocenters. The number of nitrogens with one attached hydrogen (secondary N) is 1. The summed E-state index contributed by atoms with van der Waals surface area (Å²) in [6, 6.07) is 12.3. The van der Waals surface area contributed by atoms with Crippen LogP contribution in [0.2, 0.25) is 5.02 Å². The van der Waals surface area contributed by atoms with E-state index >= 15 is 0 Å². The highest BCUT2D eigenvalue weighted by Gasteiger charge is 2.15. The summed E-state index contributed by atoms with van der Waals surface area (Å²) in [6.07, 6.45) is 3.30. The van der Waals surface area contributed by atoms with Gasteiger partial charge in [-0.3, -0.25) is 4.98 Å². The molecule has 118 valence electrons. The molecule has 0 aliphatic rings. The summed E-state index contributed by atoms with van der Waals surface area (Å²) in [5, 5.41) is 1.45. The third-order valence-electron chi connectivity index (χ3n) is 3.76. The Labute approximate surface area is 150 Å². The number of hydrogen-bond donors (Lipinski definition) is 1. The van der Waals surface area contributed by atoms with Crippen LogP contribution < -0.4 is 0 Å². The van der Waals surface area contributed by atoms with Gasteiger partial charge >= 0.3 is 0 Å². The van der Waals surface area contributed by atoms with Crippen LogP contribution >= 0.6 is 27.5 Å². The monoisotopic (exact) mass is 401 g/mol. The van der Waals surface area contributed by atoms with Crippen LogP contribution in [0.5, 0.6) is 0 Å². The van der Waals surface area contributed by atoms with E-state index in [9.17, 15) is 4.39 Å². The molecule has 0 bridgehead atoms. The molecular weight excluding hydrogens is 393 g/mol. The van der Waals surface area contributed by atoms with Gasteiger partial charge in [0.2, 0.25) is 0 Å². The Kier molecular flexibility index (Phi) is 3.82. The lowest BCUT2D eigenvalue weighted by molar-refractivity contribution is 0.631. The maximum atomic E-state index is 14.2. The third kappa shape index (κ3) is 2.70. The molecule has 0 saturated carbocycles. The van der Waals surface area contributed by atoms with Crippen molar-refractivity contribution in [3.05, 3.63) is 70.3 Å². The highest BCUT2D eigenvalue weighted by Crippen LogP contribution is 2.33. The molecule has 0 atom stereocenters. The molecule has 24 heavy (non-hydrogen) atoms. The molecule has 1 N–H and O–H groups in total. The number of aromatic nitrogens is 3. The van der Waals surface area contributed by atoms with E-state index in [1.54, 1.807) is 18.6 Å². The first kappa shape index (κ1) is 15.3. The van der Waals surface area contributed by atoms with Gasteiger partial charge in [-0.05, 0) is 52.3 Å². The van der Waals surface area contributed by atoms with Crippen molar-refractivity contribution in [1.82, 2.24) is 15.0 Å². The first-order valence-electron chi connectivity index (χ1n) is 7.16. The van der Waals surface area contributed by atoms with Crippen LogP contribution in [-0.4, -0.2) is 15.0 Å². The molecule has 3 nitrogen and oxygen atoms in total. The number of pyridine rings is 1. The Morgan fingerprint density at radius 2 is 1.92 bits per heavy atom. The van der Waals surface area contributed by atoms with E-state index < -0.39 is 0 Å². The van der Waals surface area contributed by atoms with E-state index in [1.807, 2.05) is 24.3 Å². The normalized spacial score (nSPS) is 11.1. The minimum atomic E-state index is -0.352. The average molecular weight is 403 g/mol. The van der Waals surface area contributed by atoms with Crippen molar-refractivity contribution in [3.63, 3.8) is 0 Å². The fourth-order valence-corrected chi connectivity index (χ4v) is 3.18. The van der Waals surface area contributed by atoms with Gasteiger partial charge in [-0.1, -0.05) is 17.7 Å². The highest BCUT2D eigenvalue weighted by atomic mass is 79.9. The highest BCUT2D eigenvalue weighted by molar-refractivity contribution is 9.10.